The molecule has 0 aromatic carbocycles. The molecule has 3 heterocycles. The van der Waals surface area contributed by atoms with Gasteiger partial charge >= 0.3 is 0 Å². The summed E-state index contributed by atoms with van der Waals surface area (Å²) in [6.45, 7) is 18.6. The molecular weight excluding hydrogens is 440 g/mol. The SMILES string of the molecule is CC1(C)CCCC(C)(C)N1c1nc(SC2CCCCC2)nc(N2C(C)(C)CC(N)CC2(C)C)n1. The molecule has 1 saturated carbocycles. The Bertz CT molecular complexity index is 840. The summed E-state index contributed by atoms with van der Waals surface area (Å²) in [5, 5.41) is 1.50. The summed E-state index contributed by atoms with van der Waals surface area (Å²) in [5.74, 6) is 1.67. The predicted octanol–water partition coefficient (Wildman–Crippen LogP) is 6.33. The van der Waals surface area contributed by atoms with E-state index in [1.165, 1.54) is 38.5 Å². The first-order chi connectivity index (χ1) is 15.7. The lowest BCUT2D eigenvalue weighted by Crippen LogP contribution is -2.64. The van der Waals surface area contributed by atoms with E-state index in [-0.39, 0.29) is 28.2 Å². The zero-order chi connectivity index (χ0) is 24.9. The molecule has 1 aromatic heterocycles. The second-order valence-electron chi connectivity index (χ2n) is 13.5. The largest absolute Gasteiger partial charge is 0.330 e. The maximum atomic E-state index is 6.51. The number of nitrogens with two attached hydrogens (primary N) is 1. The van der Waals surface area contributed by atoms with Crippen molar-refractivity contribution in [2.24, 2.45) is 5.73 Å². The summed E-state index contributed by atoms with van der Waals surface area (Å²) >= 11 is 1.88. The maximum absolute atomic E-state index is 6.51. The van der Waals surface area contributed by atoms with Crippen LogP contribution in [0.15, 0.2) is 5.16 Å². The van der Waals surface area contributed by atoms with Crippen LogP contribution in [-0.4, -0.2) is 48.4 Å². The first-order valence-corrected chi connectivity index (χ1v) is 14.4. The van der Waals surface area contributed by atoms with E-state index in [0.29, 0.717) is 5.25 Å². The van der Waals surface area contributed by atoms with Crippen molar-refractivity contribution in [3.63, 3.8) is 0 Å². The van der Waals surface area contributed by atoms with Crippen LogP contribution < -0.4 is 15.5 Å². The highest BCUT2D eigenvalue weighted by Crippen LogP contribution is 2.44. The third-order valence-corrected chi connectivity index (χ3v) is 9.54. The van der Waals surface area contributed by atoms with Gasteiger partial charge in [-0.3, -0.25) is 0 Å². The molecule has 3 aliphatic rings. The molecule has 0 amide bonds. The fourth-order valence-corrected chi connectivity index (χ4v) is 8.49. The molecule has 1 aliphatic carbocycles. The van der Waals surface area contributed by atoms with Gasteiger partial charge in [-0.25, -0.2) is 0 Å². The van der Waals surface area contributed by atoms with Crippen LogP contribution in [0, 0.1) is 0 Å². The van der Waals surface area contributed by atoms with Gasteiger partial charge in [-0.15, -0.1) is 0 Å². The molecule has 0 radical (unpaired) electrons. The number of anilines is 2. The van der Waals surface area contributed by atoms with E-state index >= 15 is 0 Å². The van der Waals surface area contributed by atoms with Gasteiger partial charge in [0, 0.05) is 33.4 Å². The third-order valence-electron chi connectivity index (χ3n) is 8.34. The smallest absolute Gasteiger partial charge is 0.232 e. The van der Waals surface area contributed by atoms with E-state index in [4.69, 9.17) is 20.7 Å². The Morgan fingerprint density at radius 1 is 0.676 bits per heavy atom. The van der Waals surface area contributed by atoms with E-state index in [9.17, 15) is 0 Å². The Morgan fingerprint density at radius 3 is 1.65 bits per heavy atom. The van der Waals surface area contributed by atoms with Crippen molar-refractivity contribution >= 4 is 23.7 Å². The van der Waals surface area contributed by atoms with E-state index in [1.807, 2.05) is 11.8 Å². The normalized spacial score (nSPS) is 27.1. The predicted molar refractivity (Wildman–Crippen MR) is 145 cm³/mol. The highest BCUT2D eigenvalue weighted by atomic mass is 32.2. The molecule has 2 aliphatic heterocycles. The van der Waals surface area contributed by atoms with Crippen LogP contribution in [0.5, 0.6) is 0 Å². The number of rotatable bonds is 4. The first kappa shape index (κ1) is 26.0. The third kappa shape index (κ3) is 5.21. The zero-order valence-corrected chi connectivity index (χ0v) is 23.8. The van der Waals surface area contributed by atoms with Crippen LogP contribution >= 0.6 is 11.8 Å². The number of hydrogen-bond acceptors (Lipinski definition) is 7. The summed E-state index contributed by atoms with van der Waals surface area (Å²) in [5.41, 5.74) is 6.26. The van der Waals surface area contributed by atoms with Crippen molar-refractivity contribution in [2.75, 3.05) is 9.80 Å². The average molecular weight is 489 g/mol. The number of aromatic nitrogens is 3. The van der Waals surface area contributed by atoms with Gasteiger partial charge < -0.3 is 15.5 Å². The van der Waals surface area contributed by atoms with Crippen molar-refractivity contribution in [2.45, 2.75) is 158 Å². The van der Waals surface area contributed by atoms with Gasteiger partial charge in [0.15, 0.2) is 5.16 Å². The number of piperidine rings is 2. The Kier molecular flexibility index (Phi) is 6.96. The summed E-state index contributed by atoms with van der Waals surface area (Å²) in [7, 11) is 0. The average Bonchev–Trinajstić information content (AvgIpc) is 2.64. The molecular formula is C27H48N6S. The van der Waals surface area contributed by atoms with Crippen molar-refractivity contribution in [1.29, 1.82) is 0 Å². The van der Waals surface area contributed by atoms with Gasteiger partial charge in [0.05, 0.1) is 0 Å². The van der Waals surface area contributed by atoms with Crippen LogP contribution in [-0.2, 0) is 0 Å². The lowest BCUT2D eigenvalue weighted by atomic mass is 9.77. The monoisotopic (exact) mass is 488 g/mol. The molecule has 0 atom stereocenters. The Morgan fingerprint density at radius 2 is 1.15 bits per heavy atom. The van der Waals surface area contributed by atoms with Gasteiger partial charge in [-0.1, -0.05) is 31.0 Å². The summed E-state index contributed by atoms with van der Waals surface area (Å²) in [6, 6.07) is 0.193. The molecule has 7 heteroatoms. The quantitative estimate of drug-likeness (QED) is 0.531. The molecule has 2 saturated heterocycles. The van der Waals surface area contributed by atoms with Crippen molar-refractivity contribution in [3.05, 3.63) is 0 Å². The minimum absolute atomic E-state index is 0.00242. The zero-order valence-electron chi connectivity index (χ0n) is 22.9. The van der Waals surface area contributed by atoms with Crippen molar-refractivity contribution in [1.82, 2.24) is 15.0 Å². The van der Waals surface area contributed by atoms with Crippen molar-refractivity contribution in [3.8, 4) is 0 Å². The van der Waals surface area contributed by atoms with E-state index in [0.717, 1.165) is 42.7 Å². The molecule has 3 fully saturated rings. The number of nitrogens with zero attached hydrogens (tertiary/aromatic N) is 5. The minimum Gasteiger partial charge on any atom is -0.330 e. The molecule has 2 N–H and O–H groups in total. The molecule has 0 unspecified atom stereocenters. The maximum Gasteiger partial charge on any atom is 0.232 e. The summed E-state index contributed by atoms with van der Waals surface area (Å²) < 4.78 is 0. The molecule has 0 bridgehead atoms. The molecule has 34 heavy (non-hydrogen) atoms. The molecule has 4 rings (SSSR count). The lowest BCUT2D eigenvalue weighted by molar-refractivity contribution is 0.214. The summed E-state index contributed by atoms with van der Waals surface area (Å²) in [6.07, 6.45) is 11.9. The summed E-state index contributed by atoms with van der Waals surface area (Å²) in [4.78, 5) is 20.5. The highest BCUT2D eigenvalue weighted by molar-refractivity contribution is 7.99. The van der Waals surface area contributed by atoms with E-state index in [1.54, 1.807) is 0 Å². The standard InChI is InChI=1S/C27H48N6S/c1-24(2)15-12-16-25(3,4)32(24)21-29-22(31-23(30-21)34-20-13-10-9-11-14-20)33-26(5,6)17-19(28)18-27(33,7)8/h19-20H,9-18,28H2,1-8H3. The Hall–Kier alpha value is -1.08. The van der Waals surface area contributed by atoms with Gasteiger partial charge in [0.2, 0.25) is 11.9 Å². The van der Waals surface area contributed by atoms with Gasteiger partial charge in [-0.2, -0.15) is 15.0 Å². The Labute approximate surface area is 212 Å². The topological polar surface area (TPSA) is 71.2 Å². The molecule has 6 nitrogen and oxygen atoms in total. The van der Waals surface area contributed by atoms with Crippen molar-refractivity contribution < 1.29 is 0 Å². The van der Waals surface area contributed by atoms with Gasteiger partial charge in [0.1, 0.15) is 0 Å². The molecule has 1 aromatic rings. The number of hydrogen-bond donors (Lipinski definition) is 1. The minimum atomic E-state index is -0.125. The molecule has 0 spiro atoms. The fourth-order valence-electron chi connectivity index (χ4n) is 7.36. The lowest BCUT2D eigenvalue weighted by Gasteiger charge is -2.55. The van der Waals surface area contributed by atoms with Crippen LogP contribution in [0.4, 0.5) is 11.9 Å². The molecule has 192 valence electrons. The van der Waals surface area contributed by atoms with E-state index < -0.39 is 0 Å². The van der Waals surface area contributed by atoms with Crippen LogP contribution in [0.1, 0.15) is 120 Å². The second kappa shape index (κ2) is 9.10. The fraction of sp³-hybridized carbons (Fsp3) is 0.889. The Balaban J connectivity index is 1.82. The van der Waals surface area contributed by atoms with E-state index in [2.05, 4.69) is 65.2 Å². The first-order valence-electron chi connectivity index (χ1n) is 13.5. The van der Waals surface area contributed by atoms with Crippen LogP contribution in [0.2, 0.25) is 0 Å². The van der Waals surface area contributed by atoms with Gasteiger partial charge in [0.25, 0.3) is 0 Å². The number of thioether (sulfide) groups is 1. The van der Waals surface area contributed by atoms with Crippen LogP contribution in [0.3, 0.4) is 0 Å². The van der Waals surface area contributed by atoms with Crippen LogP contribution in [0.25, 0.3) is 0 Å². The highest BCUT2D eigenvalue weighted by Gasteiger charge is 2.47. The second-order valence-corrected chi connectivity index (χ2v) is 14.8. The van der Waals surface area contributed by atoms with Gasteiger partial charge in [-0.05, 0) is 100 Å².